The summed E-state index contributed by atoms with van der Waals surface area (Å²) in [5.74, 6) is -1.87. The van der Waals surface area contributed by atoms with Crippen molar-refractivity contribution in [2.45, 2.75) is 89.2 Å². The number of nitrogens with zero attached hydrogens (tertiary/aromatic N) is 2. The highest BCUT2D eigenvalue weighted by atomic mass is 32.2. The van der Waals surface area contributed by atoms with Gasteiger partial charge in [-0.05, 0) is 120 Å². The number of ether oxygens (including phenoxy) is 10. The highest BCUT2D eigenvalue weighted by Gasteiger charge is 2.45. The van der Waals surface area contributed by atoms with Gasteiger partial charge in [0.2, 0.25) is 0 Å². The molecule has 2 heterocycles. The van der Waals surface area contributed by atoms with Gasteiger partial charge in [0.15, 0.2) is 0 Å². The van der Waals surface area contributed by atoms with E-state index in [1.165, 1.54) is 18.2 Å². The van der Waals surface area contributed by atoms with Crippen molar-refractivity contribution in [2.24, 2.45) is 0 Å². The Morgan fingerprint density at radius 3 is 1.36 bits per heavy atom. The van der Waals surface area contributed by atoms with Crippen LogP contribution in [0.2, 0.25) is 0 Å². The summed E-state index contributed by atoms with van der Waals surface area (Å²) < 4.78 is 246. The van der Waals surface area contributed by atoms with E-state index in [1.807, 2.05) is 4.90 Å². The lowest BCUT2D eigenvalue weighted by Gasteiger charge is -2.42. The Hall–Kier alpha value is -5.42. The third-order valence-corrected chi connectivity index (χ3v) is 20.3. The van der Waals surface area contributed by atoms with E-state index < -0.39 is 92.7 Å². The number of carboxylic acids is 1. The fourth-order valence-corrected chi connectivity index (χ4v) is 14.7. The van der Waals surface area contributed by atoms with Crippen LogP contribution in [-0.4, -0.2) is 228 Å². The lowest BCUT2D eigenvalue weighted by molar-refractivity contribution is -0.137. The zero-order valence-corrected chi connectivity index (χ0v) is 58.5. The van der Waals surface area contributed by atoms with E-state index in [2.05, 4.69) is 0 Å². The molecule has 0 fully saturated rings. The lowest BCUT2D eigenvalue weighted by Crippen LogP contribution is -2.36. The largest absolute Gasteiger partial charge is 0.748 e. The van der Waals surface area contributed by atoms with Crippen molar-refractivity contribution < 1.29 is 122 Å². The number of benzene rings is 4. The van der Waals surface area contributed by atoms with Crippen LogP contribution in [-0.2, 0) is 114 Å². The van der Waals surface area contributed by atoms with Crippen molar-refractivity contribution >= 4 is 89.5 Å². The highest BCUT2D eigenvalue weighted by molar-refractivity contribution is 7.87. The summed E-state index contributed by atoms with van der Waals surface area (Å²) in [5, 5.41) is 8.81. The van der Waals surface area contributed by atoms with Gasteiger partial charge in [-0.1, -0.05) is 49.8 Å². The maximum absolute atomic E-state index is 12.9. The molecule has 0 spiro atoms. The number of fused-ring (bicyclic) bond motifs is 6. The molecule has 542 valence electrons. The third-order valence-electron chi connectivity index (χ3n) is 16.1. The fraction of sp³-hybridized carbons (Fsp3) is 0.540. The second-order valence-corrected chi connectivity index (χ2v) is 29.8. The predicted octanol–water partition coefficient (Wildman–Crippen LogP) is 5.13. The number of methoxy groups -OCH3 is 2. The minimum atomic E-state index is -5.49. The molecule has 2 unspecified atom stereocenters. The molecule has 2 aliphatic heterocycles. The quantitative estimate of drug-likeness (QED) is 0.0340. The first-order chi connectivity index (χ1) is 45.9. The number of anilines is 2. The Labute approximate surface area is 567 Å². The van der Waals surface area contributed by atoms with Crippen molar-refractivity contribution in [3.8, 4) is 0 Å². The molecule has 34 heteroatoms. The molecule has 97 heavy (non-hydrogen) atoms. The Morgan fingerprint density at radius 1 is 0.474 bits per heavy atom. The first-order valence-electron chi connectivity index (χ1n) is 31.0. The van der Waals surface area contributed by atoms with Crippen LogP contribution in [0.4, 0.5) is 11.4 Å². The van der Waals surface area contributed by atoms with E-state index >= 15 is 0 Å². The fourth-order valence-electron chi connectivity index (χ4n) is 11.5. The van der Waals surface area contributed by atoms with E-state index in [0.29, 0.717) is 119 Å². The molecular formula is C63H83N2O27S5-5. The first kappa shape index (κ1) is 80.6. The average molecular weight is 1460 g/mol. The summed E-state index contributed by atoms with van der Waals surface area (Å²) in [6, 6.07) is 8.62. The molecule has 0 radical (unpaired) electrons. The lowest BCUT2D eigenvalue weighted by atomic mass is 9.68. The number of allylic oxidation sites excluding steroid dienone is 7. The summed E-state index contributed by atoms with van der Waals surface area (Å²) in [6.07, 6.45) is 10.5. The maximum atomic E-state index is 12.9. The van der Waals surface area contributed by atoms with Crippen molar-refractivity contribution in [1.82, 2.24) is 0 Å². The average Bonchev–Trinajstić information content (AvgIpc) is 1.70. The Bertz CT molecular complexity index is 4030. The van der Waals surface area contributed by atoms with Gasteiger partial charge in [0, 0.05) is 80.2 Å². The third kappa shape index (κ3) is 23.6. The summed E-state index contributed by atoms with van der Waals surface area (Å²) in [4.78, 5) is 11.1. The van der Waals surface area contributed by atoms with Crippen LogP contribution in [0.15, 0.2) is 116 Å². The van der Waals surface area contributed by atoms with Gasteiger partial charge in [0.1, 0.15) is 40.5 Å². The standard InChI is InChI=1S/C63H88N2O27S5/c1-62(19-11-41-93(68,69)70)47(46-64(22-24-86-30-32-90-37-38-92-40-39-91-36-34-88-28-26-84-4)54-17-15-50-52(60(54)62)42-48(94(71,72)73)44-56(50)96(77,78)79)12-7-5-8-13-58-63(2,20-23-85-29-31-89-35-33-87-27-25-83-3)61-53-43-49(95(74,75)76)45-57(97(80,81)82)51(53)16-18-55(61)65(58)21-10-6-9-14-59(66)67/h5,7-8,12-13,15-18,42-46H,6,9-11,14,19-41H2,1-4H3,(H,66,67)(H,68,69,70)(H,71,72,73)(H,74,75,76)(H,77,78,79)(H,80,81,82)/p-5/b8-5+,12-7+,58-13+. The molecular weight excluding hydrogens is 1380 g/mol. The predicted molar refractivity (Wildman–Crippen MR) is 348 cm³/mol. The van der Waals surface area contributed by atoms with Crippen LogP contribution in [0.3, 0.4) is 0 Å². The van der Waals surface area contributed by atoms with Gasteiger partial charge in [0.05, 0.1) is 142 Å². The smallest absolute Gasteiger partial charge is 0.303 e. The van der Waals surface area contributed by atoms with Crippen LogP contribution in [0.1, 0.15) is 69.9 Å². The number of carbonyl (C=O) groups is 1. The highest BCUT2D eigenvalue weighted by Crippen LogP contribution is 2.54. The summed E-state index contributed by atoms with van der Waals surface area (Å²) >= 11 is 0. The molecule has 6 rings (SSSR count). The number of aliphatic carboxylic acids is 1. The topological polar surface area (TPSA) is 422 Å². The van der Waals surface area contributed by atoms with Gasteiger partial charge in [-0.3, -0.25) is 4.79 Å². The molecule has 0 aliphatic carbocycles. The monoisotopic (exact) mass is 1460 g/mol. The number of hydrogen-bond acceptors (Lipinski definition) is 28. The molecule has 0 saturated carbocycles. The van der Waals surface area contributed by atoms with Crippen LogP contribution < -0.4 is 9.80 Å². The molecule has 1 N–H and O–H groups in total. The van der Waals surface area contributed by atoms with Crippen LogP contribution in [0.5, 0.6) is 0 Å². The van der Waals surface area contributed by atoms with Crippen molar-refractivity contribution in [3.05, 3.63) is 108 Å². The molecule has 0 aromatic heterocycles. The zero-order chi connectivity index (χ0) is 71.1. The number of rotatable bonds is 47. The number of carboxylic acid groups (broad SMARTS) is 1. The molecule has 4 aromatic carbocycles. The van der Waals surface area contributed by atoms with Crippen LogP contribution in [0, 0.1) is 0 Å². The van der Waals surface area contributed by atoms with E-state index in [4.69, 9.17) is 47.4 Å². The Balaban J connectivity index is 1.41. The molecule has 4 aromatic rings. The summed E-state index contributed by atoms with van der Waals surface area (Å²) in [5.41, 5.74) is -0.630. The normalized spacial score (nSPS) is 17.6. The number of hydrogen-bond donors (Lipinski definition) is 1. The Morgan fingerprint density at radius 2 is 0.918 bits per heavy atom. The second-order valence-electron chi connectivity index (χ2n) is 22.9. The molecule has 29 nitrogen and oxygen atoms in total. The SMILES string of the molecule is COCCOCCOCCOCCOCCOCCN1C=C(/C=C/C=C/C=C2/N(CCCCCC(=O)O)c3ccc4c(S(=O)(=O)[O-])cc(S(=O)(=O)[O-])cc4c3C2(C)CCOCCOCCOCCOC)C(C)(CCCS(=O)(=O)[O-])c2c1ccc1c(S(=O)(=O)[O-])cc(S(=O)(=O)[O-])cc21. The van der Waals surface area contributed by atoms with Crippen molar-refractivity contribution in [3.63, 3.8) is 0 Å². The minimum absolute atomic E-state index is 0.0103. The van der Waals surface area contributed by atoms with Gasteiger partial charge in [0.25, 0.3) is 0 Å². The molecule has 2 atom stereocenters. The molecule has 0 amide bonds. The summed E-state index contributed by atoms with van der Waals surface area (Å²) in [7, 11) is -23.5. The number of unbranched alkanes of at least 4 members (excludes halogenated alkanes) is 2. The van der Waals surface area contributed by atoms with Gasteiger partial charge >= 0.3 is 5.97 Å². The first-order valence-corrected chi connectivity index (χ1v) is 38.2. The molecule has 2 aliphatic rings. The molecule has 0 saturated heterocycles. The van der Waals surface area contributed by atoms with E-state index in [9.17, 15) is 74.8 Å². The molecule has 0 bridgehead atoms. The maximum Gasteiger partial charge on any atom is 0.303 e. The van der Waals surface area contributed by atoms with Crippen molar-refractivity contribution in [1.29, 1.82) is 0 Å². The van der Waals surface area contributed by atoms with Crippen LogP contribution in [0.25, 0.3) is 21.5 Å². The van der Waals surface area contributed by atoms with Gasteiger partial charge in [-0.2, -0.15) is 0 Å². The van der Waals surface area contributed by atoms with Gasteiger partial charge in [-0.25, -0.2) is 42.1 Å². The van der Waals surface area contributed by atoms with E-state index in [0.717, 1.165) is 12.1 Å². The summed E-state index contributed by atoms with van der Waals surface area (Å²) in [6.45, 7) is 8.49. The minimum Gasteiger partial charge on any atom is -0.748 e. The van der Waals surface area contributed by atoms with Crippen molar-refractivity contribution in [2.75, 3.05) is 162 Å². The second kappa shape index (κ2) is 37.3. The van der Waals surface area contributed by atoms with Gasteiger partial charge in [-0.15, -0.1) is 0 Å². The Kier molecular flexibility index (Phi) is 31.0. The van der Waals surface area contributed by atoms with E-state index in [-0.39, 0.29) is 125 Å². The van der Waals surface area contributed by atoms with E-state index in [1.54, 1.807) is 75.6 Å². The van der Waals surface area contributed by atoms with Crippen LogP contribution >= 0.6 is 0 Å². The van der Waals surface area contributed by atoms with Gasteiger partial charge < -0.3 is 85.0 Å². The zero-order valence-electron chi connectivity index (χ0n) is 54.4.